The molecule has 0 spiro atoms. The fourth-order valence-electron chi connectivity index (χ4n) is 0. The van der Waals surface area contributed by atoms with E-state index >= 15 is 0 Å². The van der Waals surface area contributed by atoms with Crippen LogP contribution in [-0.4, -0.2) is 61.9 Å². The predicted octanol–water partition coefficient (Wildman–Crippen LogP) is -0.397. The maximum atomic E-state index is 10.2. The molecule has 0 aromatic heterocycles. The van der Waals surface area contributed by atoms with E-state index < -0.39 is 10.5 Å². The summed E-state index contributed by atoms with van der Waals surface area (Å²) < 4.78 is 34.1. The zero-order valence-corrected chi connectivity index (χ0v) is 8.01. The topological polar surface area (TPSA) is 54.4 Å². The Kier molecular flexibility index (Phi) is 5.93. The van der Waals surface area contributed by atoms with Crippen LogP contribution in [0.15, 0.2) is 0 Å². The van der Waals surface area contributed by atoms with Gasteiger partial charge in [0.05, 0.1) is 0 Å². The Morgan fingerprint density at radius 2 is 1.67 bits per heavy atom. The maximum absolute atomic E-state index is 10.2. The van der Waals surface area contributed by atoms with E-state index in [0.717, 1.165) is 0 Å². The number of halogens is 1. The van der Waals surface area contributed by atoms with Gasteiger partial charge in [-0.15, -0.1) is 0 Å². The van der Waals surface area contributed by atoms with E-state index in [9.17, 15) is 3.89 Å². The zero-order chi connectivity index (χ0) is 4.50. The molecule has 0 fully saturated rings. The summed E-state index contributed by atoms with van der Waals surface area (Å²) in [4.78, 5) is 0. The standard InChI is InChI=1S/Ba.FHO3S.2H/c;1-5(2,3)4;;/h;(H,2,3,4);;/q+2;;2*-1. The molecule has 0 atom stereocenters. The molecule has 0 amide bonds. The van der Waals surface area contributed by atoms with Gasteiger partial charge in [0.15, 0.2) is 0 Å². The second-order valence-electron chi connectivity index (χ2n) is 0.412. The first-order valence-electron chi connectivity index (χ1n) is 0.670. The zero-order valence-electron chi connectivity index (χ0n) is 4.76. The van der Waals surface area contributed by atoms with Crippen molar-refractivity contribution in [3.05, 3.63) is 0 Å². The van der Waals surface area contributed by atoms with E-state index in [1.807, 2.05) is 0 Å². The van der Waals surface area contributed by atoms with E-state index in [0.29, 0.717) is 0 Å². The van der Waals surface area contributed by atoms with Crippen molar-refractivity contribution in [2.24, 2.45) is 0 Å². The van der Waals surface area contributed by atoms with Gasteiger partial charge < -0.3 is 2.85 Å². The van der Waals surface area contributed by atoms with E-state index in [2.05, 4.69) is 0 Å². The first kappa shape index (κ1) is 10.4. The van der Waals surface area contributed by atoms with Gasteiger partial charge in [-0.25, -0.2) is 0 Å². The van der Waals surface area contributed by atoms with Gasteiger partial charge in [0.2, 0.25) is 0 Å². The Balaban J connectivity index is -0.0000000267. The monoisotopic (exact) mass is 240 g/mol. The first-order chi connectivity index (χ1) is 2.00. The van der Waals surface area contributed by atoms with Gasteiger partial charge in [-0.3, -0.25) is 4.55 Å². The minimum Gasteiger partial charge on any atom is -1.00 e. The van der Waals surface area contributed by atoms with Gasteiger partial charge in [-0.1, -0.05) is 3.89 Å². The number of rotatable bonds is 0. The van der Waals surface area contributed by atoms with Crippen molar-refractivity contribution < 1.29 is 19.7 Å². The molecule has 0 aromatic carbocycles. The van der Waals surface area contributed by atoms with Gasteiger partial charge in [-0.05, 0) is 0 Å². The largest absolute Gasteiger partial charge is 2.00 e. The summed E-state index contributed by atoms with van der Waals surface area (Å²) >= 11 is 0. The van der Waals surface area contributed by atoms with Gasteiger partial charge in [-0.2, -0.15) is 8.42 Å². The van der Waals surface area contributed by atoms with Crippen LogP contribution < -0.4 is 0 Å². The van der Waals surface area contributed by atoms with Crippen molar-refractivity contribution >= 4 is 59.4 Å². The van der Waals surface area contributed by atoms with Crippen molar-refractivity contribution in [1.29, 1.82) is 0 Å². The summed E-state index contributed by atoms with van der Waals surface area (Å²) in [6.45, 7) is 0. The fraction of sp³-hybridized carbons (Fsp3) is 0. The third-order valence-corrected chi connectivity index (χ3v) is 0. The van der Waals surface area contributed by atoms with E-state index in [1.165, 1.54) is 0 Å². The summed E-state index contributed by atoms with van der Waals surface area (Å²) in [5, 5.41) is 0. The van der Waals surface area contributed by atoms with Gasteiger partial charge in [0.1, 0.15) is 0 Å². The normalized spacial score (nSPS) is 9.67. The van der Waals surface area contributed by atoms with Crippen LogP contribution in [0.1, 0.15) is 2.85 Å². The molecule has 0 aromatic rings. The molecule has 1 N–H and O–H groups in total. The van der Waals surface area contributed by atoms with Crippen LogP contribution in [0, 0.1) is 0 Å². The van der Waals surface area contributed by atoms with Crippen molar-refractivity contribution in [1.82, 2.24) is 0 Å². The second kappa shape index (κ2) is 3.42. The van der Waals surface area contributed by atoms with Crippen LogP contribution in [0.2, 0.25) is 0 Å². The quantitative estimate of drug-likeness (QED) is 0.356. The molecule has 0 unspecified atom stereocenters. The maximum Gasteiger partial charge on any atom is 2.00 e. The van der Waals surface area contributed by atoms with Gasteiger partial charge in [0, 0.05) is 0 Å². The van der Waals surface area contributed by atoms with Crippen LogP contribution in [0.4, 0.5) is 3.89 Å². The molecule has 0 aliphatic carbocycles. The molecule has 6 heavy (non-hydrogen) atoms. The summed E-state index contributed by atoms with van der Waals surface area (Å²) in [6.07, 6.45) is 0. The van der Waals surface area contributed by atoms with Crippen molar-refractivity contribution in [2.45, 2.75) is 0 Å². The van der Waals surface area contributed by atoms with Crippen LogP contribution >= 0.6 is 0 Å². The Morgan fingerprint density at radius 1 is 1.67 bits per heavy atom. The van der Waals surface area contributed by atoms with Gasteiger partial charge in [0.25, 0.3) is 0 Å². The van der Waals surface area contributed by atoms with Crippen LogP contribution in [0.5, 0.6) is 0 Å². The predicted molar refractivity (Wildman–Crippen MR) is 20.6 cm³/mol. The molecule has 0 bridgehead atoms. The van der Waals surface area contributed by atoms with Gasteiger partial charge >= 0.3 is 59.4 Å². The molecule has 6 heteroatoms. The summed E-state index contributed by atoms with van der Waals surface area (Å²) in [5.74, 6) is 0. The fourth-order valence-corrected chi connectivity index (χ4v) is 0. The first-order valence-corrected chi connectivity index (χ1v) is 2.01. The summed E-state index contributed by atoms with van der Waals surface area (Å²) in [7, 11) is -5.17. The van der Waals surface area contributed by atoms with Crippen molar-refractivity contribution in [2.75, 3.05) is 0 Å². The number of hydrogen-bond donors (Lipinski definition) is 1. The molecule has 0 saturated carbocycles. The average Bonchev–Trinajstić information content (AvgIpc) is 0.722. The average molecular weight is 239 g/mol. The Hall–Kier alpha value is 1.41. The van der Waals surface area contributed by atoms with Crippen LogP contribution in [0.25, 0.3) is 0 Å². The minimum atomic E-state index is -5.17. The smallest absolute Gasteiger partial charge is 1.00 e. The molecule has 0 heterocycles. The third kappa shape index (κ3) is 52.9. The second-order valence-corrected chi connectivity index (χ2v) is 1.24. The Labute approximate surface area is 78.0 Å². The van der Waals surface area contributed by atoms with E-state index in [1.54, 1.807) is 0 Å². The molecule has 0 rings (SSSR count). The Morgan fingerprint density at radius 3 is 1.67 bits per heavy atom. The molecule has 0 saturated heterocycles. The molecule has 0 radical (unpaired) electrons. The number of hydrogen-bond acceptors (Lipinski definition) is 2. The molecule has 36 valence electrons. The molecule has 3 nitrogen and oxygen atoms in total. The van der Waals surface area contributed by atoms with Crippen LogP contribution in [0.3, 0.4) is 0 Å². The SMILES string of the molecule is O=S(=O)(O)F.[Ba+2].[H-].[H-]. The molecule has 0 aliphatic rings. The van der Waals surface area contributed by atoms with Crippen molar-refractivity contribution in [3.63, 3.8) is 0 Å². The Bertz CT molecular complexity index is 100. The molecule has 0 aliphatic heterocycles. The van der Waals surface area contributed by atoms with E-state index in [4.69, 9.17) is 13.0 Å². The summed E-state index contributed by atoms with van der Waals surface area (Å²) in [5.41, 5.74) is 0. The molecular formula is H3BaFO3S. The third-order valence-electron chi connectivity index (χ3n) is 0. The summed E-state index contributed by atoms with van der Waals surface area (Å²) in [6, 6.07) is 0. The van der Waals surface area contributed by atoms with E-state index in [-0.39, 0.29) is 51.7 Å². The van der Waals surface area contributed by atoms with Crippen LogP contribution in [-0.2, 0) is 10.5 Å². The molecular weight excluding hydrogens is 236 g/mol. The minimum absolute atomic E-state index is 0. The van der Waals surface area contributed by atoms with Crippen molar-refractivity contribution in [3.8, 4) is 0 Å².